The van der Waals surface area contributed by atoms with Gasteiger partial charge < -0.3 is 5.32 Å². The molecule has 2 aromatic rings. The lowest BCUT2D eigenvalue weighted by Gasteiger charge is -2.22. The Labute approximate surface area is 113 Å². The molecule has 0 radical (unpaired) electrons. The topological polar surface area (TPSA) is 42.7 Å². The zero-order chi connectivity index (χ0) is 12.9. The Morgan fingerprint density at radius 2 is 1.89 bits per heavy atom. The lowest BCUT2D eigenvalue weighted by molar-refractivity contribution is 0.373. The highest BCUT2D eigenvalue weighted by Gasteiger charge is 2.14. The third kappa shape index (κ3) is 2.95. The van der Waals surface area contributed by atoms with Gasteiger partial charge in [0.05, 0.1) is 11.9 Å². The molecule has 1 N–H and O–H groups in total. The maximum Gasteiger partial charge on any atom is 0.150 e. The van der Waals surface area contributed by atoms with Crippen molar-refractivity contribution in [1.82, 2.24) is 15.0 Å². The van der Waals surface area contributed by atoms with Crippen LogP contribution in [0.4, 0.5) is 5.82 Å². The van der Waals surface area contributed by atoms with E-state index in [0.29, 0.717) is 0 Å². The molecule has 1 aliphatic carbocycles. The molecule has 1 aromatic heterocycles. The molecule has 3 rings (SSSR count). The van der Waals surface area contributed by atoms with Crippen LogP contribution in [0.5, 0.6) is 0 Å². The van der Waals surface area contributed by atoms with E-state index in [1.807, 2.05) is 35.0 Å². The molecule has 0 unspecified atom stereocenters. The van der Waals surface area contributed by atoms with Gasteiger partial charge in [-0.25, -0.2) is 0 Å². The molecule has 0 aliphatic heterocycles. The summed E-state index contributed by atoms with van der Waals surface area (Å²) in [5.41, 5.74) is 1.05. The fraction of sp³-hybridized carbons (Fsp3) is 0.467. The van der Waals surface area contributed by atoms with Crippen LogP contribution < -0.4 is 5.32 Å². The molecule has 0 atom stereocenters. The molecule has 4 nitrogen and oxygen atoms in total. The number of anilines is 1. The Morgan fingerprint density at radius 1 is 1.11 bits per heavy atom. The van der Waals surface area contributed by atoms with Crippen molar-refractivity contribution in [3.05, 3.63) is 36.5 Å². The van der Waals surface area contributed by atoms with Crippen LogP contribution in [0, 0.1) is 5.92 Å². The Balaban J connectivity index is 1.67. The lowest BCUT2D eigenvalue weighted by atomic mass is 9.89. The van der Waals surface area contributed by atoms with Crippen molar-refractivity contribution >= 4 is 5.82 Å². The van der Waals surface area contributed by atoms with Crippen molar-refractivity contribution in [3.63, 3.8) is 0 Å². The van der Waals surface area contributed by atoms with Crippen LogP contribution in [-0.2, 0) is 0 Å². The monoisotopic (exact) mass is 256 g/mol. The fourth-order valence-electron chi connectivity index (χ4n) is 2.76. The number of rotatable bonds is 4. The number of para-hydroxylation sites is 1. The molecule has 100 valence electrons. The first-order chi connectivity index (χ1) is 9.43. The van der Waals surface area contributed by atoms with Crippen LogP contribution in [0.15, 0.2) is 36.5 Å². The number of hydrogen-bond acceptors (Lipinski definition) is 3. The van der Waals surface area contributed by atoms with Crippen molar-refractivity contribution < 1.29 is 0 Å². The second-order valence-electron chi connectivity index (χ2n) is 5.25. The minimum absolute atomic E-state index is 0.799. The second kappa shape index (κ2) is 5.87. The molecule has 1 saturated carbocycles. The van der Waals surface area contributed by atoms with Gasteiger partial charge in [0.2, 0.25) is 0 Å². The van der Waals surface area contributed by atoms with Gasteiger partial charge in [0.15, 0.2) is 0 Å². The number of benzene rings is 1. The summed E-state index contributed by atoms with van der Waals surface area (Å²) in [4.78, 5) is 0. The van der Waals surface area contributed by atoms with E-state index in [4.69, 9.17) is 0 Å². The van der Waals surface area contributed by atoms with E-state index >= 15 is 0 Å². The first-order valence-corrected chi connectivity index (χ1v) is 7.13. The molecule has 0 bridgehead atoms. The fourth-order valence-corrected chi connectivity index (χ4v) is 2.76. The quantitative estimate of drug-likeness (QED) is 0.913. The summed E-state index contributed by atoms with van der Waals surface area (Å²) in [5, 5.41) is 11.7. The molecular weight excluding hydrogens is 236 g/mol. The van der Waals surface area contributed by atoms with Gasteiger partial charge in [-0.2, -0.15) is 4.68 Å². The van der Waals surface area contributed by atoms with Crippen molar-refractivity contribution in [3.8, 4) is 5.69 Å². The third-order valence-corrected chi connectivity index (χ3v) is 3.85. The van der Waals surface area contributed by atoms with Crippen molar-refractivity contribution in [2.45, 2.75) is 32.1 Å². The number of nitrogens with one attached hydrogen (secondary N) is 1. The van der Waals surface area contributed by atoms with E-state index in [0.717, 1.165) is 24.0 Å². The second-order valence-corrected chi connectivity index (χ2v) is 5.25. The largest absolute Gasteiger partial charge is 0.368 e. The van der Waals surface area contributed by atoms with E-state index < -0.39 is 0 Å². The predicted octanol–water partition coefficient (Wildman–Crippen LogP) is 3.26. The zero-order valence-corrected chi connectivity index (χ0v) is 11.1. The summed E-state index contributed by atoms with van der Waals surface area (Å²) >= 11 is 0. The van der Waals surface area contributed by atoms with Crippen LogP contribution in [0.1, 0.15) is 32.1 Å². The first-order valence-electron chi connectivity index (χ1n) is 7.13. The molecule has 1 heterocycles. The molecule has 0 saturated heterocycles. The average molecular weight is 256 g/mol. The Kier molecular flexibility index (Phi) is 3.77. The molecule has 0 spiro atoms. The summed E-state index contributed by atoms with van der Waals surface area (Å²) in [5.74, 6) is 1.78. The molecular formula is C15H20N4. The van der Waals surface area contributed by atoms with Crippen LogP contribution in [-0.4, -0.2) is 21.5 Å². The molecule has 1 aliphatic rings. The maximum atomic E-state index is 4.15. The van der Waals surface area contributed by atoms with Crippen LogP contribution in [0.25, 0.3) is 5.69 Å². The summed E-state index contributed by atoms with van der Waals surface area (Å²) in [6.45, 7) is 1.03. The lowest BCUT2D eigenvalue weighted by Crippen LogP contribution is -2.18. The van der Waals surface area contributed by atoms with E-state index in [1.165, 1.54) is 32.1 Å². The summed E-state index contributed by atoms with van der Waals surface area (Å²) in [6, 6.07) is 10.1. The molecule has 19 heavy (non-hydrogen) atoms. The van der Waals surface area contributed by atoms with E-state index in [2.05, 4.69) is 15.6 Å². The maximum absolute atomic E-state index is 4.15. The minimum Gasteiger partial charge on any atom is -0.368 e. The Morgan fingerprint density at radius 3 is 2.68 bits per heavy atom. The van der Waals surface area contributed by atoms with Crippen molar-refractivity contribution in [1.29, 1.82) is 0 Å². The van der Waals surface area contributed by atoms with Crippen LogP contribution in [0.3, 0.4) is 0 Å². The molecule has 1 aromatic carbocycles. The Bertz CT molecular complexity index is 500. The van der Waals surface area contributed by atoms with Gasteiger partial charge in [0.1, 0.15) is 5.82 Å². The minimum atomic E-state index is 0.799. The smallest absolute Gasteiger partial charge is 0.150 e. The number of hydrogen-bond donors (Lipinski definition) is 1. The summed E-state index contributed by atoms with van der Waals surface area (Å²) in [6.07, 6.45) is 8.65. The SMILES string of the molecule is c1ccc(-n2nncc2NCC2CCCCC2)cc1. The standard InChI is InChI=1S/C15H20N4/c1-3-7-13(8-4-1)11-16-15-12-17-18-19(15)14-9-5-2-6-10-14/h2,5-6,9-10,12-13,16H,1,3-4,7-8,11H2. The normalized spacial score (nSPS) is 16.4. The van der Waals surface area contributed by atoms with Crippen molar-refractivity contribution in [2.24, 2.45) is 5.92 Å². The zero-order valence-electron chi connectivity index (χ0n) is 11.1. The molecule has 4 heteroatoms. The number of aromatic nitrogens is 3. The van der Waals surface area contributed by atoms with Crippen LogP contribution in [0.2, 0.25) is 0 Å². The van der Waals surface area contributed by atoms with Gasteiger partial charge in [-0.05, 0) is 30.9 Å². The number of nitrogens with zero attached hydrogens (tertiary/aromatic N) is 3. The summed E-state index contributed by atoms with van der Waals surface area (Å²) < 4.78 is 1.86. The van der Waals surface area contributed by atoms with Gasteiger partial charge in [-0.3, -0.25) is 0 Å². The highest BCUT2D eigenvalue weighted by molar-refractivity contribution is 5.42. The van der Waals surface area contributed by atoms with Gasteiger partial charge in [0, 0.05) is 6.54 Å². The average Bonchev–Trinajstić information content (AvgIpc) is 2.95. The van der Waals surface area contributed by atoms with Gasteiger partial charge >= 0.3 is 0 Å². The van der Waals surface area contributed by atoms with E-state index in [-0.39, 0.29) is 0 Å². The Hall–Kier alpha value is -1.84. The van der Waals surface area contributed by atoms with Crippen LogP contribution >= 0.6 is 0 Å². The summed E-state index contributed by atoms with van der Waals surface area (Å²) in [7, 11) is 0. The van der Waals surface area contributed by atoms with Gasteiger partial charge in [-0.15, -0.1) is 5.10 Å². The van der Waals surface area contributed by atoms with Gasteiger partial charge in [0.25, 0.3) is 0 Å². The highest BCUT2D eigenvalue weighted by Crippen LogP contribution is 2.24. The highest BCUT2D eigenvalue weighted by atomic mass is 15.5. The van der Waals surface area contributed by atoms with Crippen molar-refractivity contribution in [2.75, 3.05) is 11.9 Å². The van der Waals surface area contributed by atoms with E-state index in [9.17, 15) is 0 Å². The predicted molar refractivity (Wildman–Crippen MR) is 76.4 cm³/mol. The van der Waals surface area contributed by atoms with Gasteiger partial charge in [-0.1, -0.05) is 42.7 Å². The molecule has 0 amide bonds. The molecule has 1 fully saturated rings. The third-order valence-electron chi connectivity index (χ3n) is 3.85. The first kappa shape index (κ1) is 12.2. The van der Waals surface area contributed by atoms with E-state index in [1.54, 1.807) is 6.20 Å².